The van der Waals surface area contributed by atoms with E-state index in [4.69, 9.17) is 0 Å². The number of aromatic nitrogens is 2. The number of carbonyl (C=O) groups is 1. The molecule has 3 rings (SSSR count). The number of nitrogens with zero attached hydrogens (tertiary/aromatic N) is 2. The van der Waals surface area contributed by atoms with Gasteiger partial charge in [0, 0.05) is 19.8 Å². The van der Waals surface area contributed by atoms with Gasteiger partial charge in [-0.05, 0) is 23.6 Å². The zero-order chi connectivity index (χ0) is 12.5. The lowest BCUT2D eigenvalue weighted by Crippen LogP contribution is -2.41. The van der Waals surface area contributed by atoms with Crippen molar-refractivity contribution in [2.75, 3.05) is 0 Å². The number of rotatable bonds is 2. The van der Waals surface area contributed by atoms with E-state index in [1.165, 1.54) is 11.1 Å². The zero-order valence-electron chi connectivity index (χ0n) is 10.3. The zero-order valence-corrected chi connectivity index (χ0v) is 10.3. The molecule has 1 aliphatic heterocycles. The van der Waals surface area contributed by atoms with E-state index in [1.807, 2.05) is 19.2 Å². The Morgan fingerprint density at radius 2 is 2.11 bits per heavy atom. The maximum Gasteiger partial charge on any atom is 0.200 e. The van der Waals surface area contributed by atoms with Gasteiger partial charge in [0.05, 0.1) is 6.04 Å². The number of aryl methyl sites for hydroxylation is 1. The molecular weight excluding hydrogens is 226 g/mol. The van der Waals surface area contributed by atoms with Crippen molar-refractivity contribution in [1.82, 2.24) is 15.1 Å². The van der Waals surface area contributed by atoms with Crippen LogP contribution in [-0.2, 0) is 20.0 Å². The van der Waals surface area contributed by atoms with Gasteiger partial charge in [0.1, 0.15) is 5.69 Å². The van der Waals surface area contributed by atoms with Crippen LogP contribution in [0.3, 0.4) is 0 Å². The van der Waals surface area contributed by atoms with Crippen molar-refractivity contribution in [2.24, 2.45) is 7.05 Å². The van der Waals surface area contributed by atoms with Crippen molar-refractivity contribution >= 4 is 5.78 Å². The number of nitrogens with one attached hydrogen (secondary N) is 1. The summed E-state index contributed by atoms with van der Waals surface area (Å²) < 4.78 is 1.66. The maximum atomic E-state index is 12.3. The summed E-state index contributed by atoms with van der Waals surface area (Å²) in [6.45, 7) is 0.749. The lowest BCUT2D eigenvalue weighted by molar-refractivity contribution is 0.0932. The molecule has 92 valence electrons. The maximum absolute atomic E-state index is 12.3. The molecule has 0 saturated heterocycles. The molecular formula is C14H15N3O. The van der Waals surface area contributed by atoms with Crippen molar-refractivity contribution in [3.63, 3.8) is 0 Å². The summed E-state index contributed by atoms with van der Waals surface area (Å²) in [5.74, 6) is 0.0742. The summed E-state index contributed by atoms with van der Waals surface area (Å²) in [5, 5.41) is 7.45. The number of Topliss-reactive ketones (excluding diaryl/α,β-unsaturated/α-hetero) is 1. The quantitative estimate of drug-likeness (QED) is 0.807. The normalized spacial score (nSPS) is 18.4. The first-order valence-corrected chi connectivity index (χ1v) is 6.08. The second-order valence-electron chi connectivity index (χ2n) is 4.65. The molecule has 1 aromatic heterocycles. The van der Waals surface area contributed by atoms with Gasteiger partial charge in [-0.3, -0.25) is 9.48 Å². The highest BCUT2D eigenvalue weighted by atomic mass is 16.1. The molecule has 2 aromatic rings. The van der Waals surface area contributed by atoms with Crippen LogP contribution < -0.4 is 5.32 Å². The lowest BCUT2D eigenvalue weighted by Gasteiger charge is -2.24. The fourth-order valence-electron chi connectivity index (χ4n) is 2.36. The van der Waals surface area contributed by atoms with Crippen molar-refractivity contribution in [1.29, 1.82) is 0 Å². The first kappa shape index (κ1) is 11.2. The van der Waals surface area contributed by atoms with Crippen LogP contribution in [0, 0.1) is 0 Å². The molecule has 2 heterocycles. The molecule has 0 fully saturated rings. The lowest BCUT2D eigenvalue weighted by atomic mass is 9.93. The molecule has 4 heteroatoms. The van der Waals surface area contributed by atoms with E-state index >= 15 is 0 Å². The van der Waals surface area contributed by atoms with Crippen LogP contribution in [0.2, 0.25) is 0 Å². The number of hydrogen-bond donors (Lipinski definition) is 1. The van der Waals surface area contributed by atoms with Gasteiger partial charge in [0.2, 0.25) is 0 Å². The molecule has 1 unspecified atom stereocenters. The average Bonchev–Trinajstić information content (AvgIpc) is 2.84. The predicted molar refractivity (Wildman–Crippen MR) is 68.3 cm³/mol. The summed E-state index contributed by atoms with van der Waals surface area (Å²) in [7, 11) is 1.82. The van der Waals surface area contributed by atoms with Crippen LogP contribution in [0.15, 0.2) is 36.5 Å². The second kappa shape index (κ2) is 4.38. The first-order chi connectivity index (χ1) is 8.74. The van der Waals surface area contributed by atoms with Crippen LogP contribution in [-0.4, -0.2) is 21.6 Å². The highest BCUT2D eigenvalue weighted by molar-refractivity contribution is 5.98. The monoisotopic (exact) mass is 241 g/mol. The molecule has 1 aliphatic rings. The number of benzene rings is 1. The van der Waals surface area contributed by atoms with Crippen molar-refractivity contribution in [2.45, 2.75) is 19.0 Å². The molecule has 0 bridgehead atoms. The van der Waals surface area contributed by atoms with E-state index in [-0.39, 0.29) is 11.8 Å². The van der Waals surface area contributed by atoms with Gasteiger partial charge < -0.3 is 5.32 Å². The van der Waals surface area contributed by atoms with Gasteiger partial charge in [-0.25, -0.2) is 0 Å². The van der Waals surface area contributed by atoms with E-state index in [0.29, 0.717) is 5.69 Å². The molecule has 0 radical (unpaired) electrons. The SMILES string of the molecule is Cn1ccc(C(=O)C2Cc3ccccc3CN2)n1. The Labute approximate surface area is 106 Å². The third-order valence-corrected chi connectivity index (χ3v) is 3.36. The molecule has 0 saturated carbocycles. The second-order valence-corrected chi connectivity index (χ2v) is 4.65. The minimum absolute atomic E-state index is 0.0742. The Kier molecular flexibility index (Phi) is 2.72. The average molecular weight is 241 g/mol. The Hall–Kier alpha value is -1.94. The Balaban J connectivity index is 1.82. The van der Waals surface area contributed by atoms with Gasteiger partial charge in [-0.1, -0.05) is 24.3 Å². The summed E-state index contributed by atoms with van der Waals surface area (Å²) in [6, 6.07) is 9.85. The van der Waals surface area contributed by atoms with E-state index in [9.17, 15) is 4.79 Å². The number of fused-ring (bicyclic) bond motifs is 1. The summed E-state index contributed by atoms with van der Waals surface area (Å²) >= 11 is 0. The third kappa shape index (κ3) is 1.95. The van der Waals surface area contributed by atoms with Gasteiger partial charge in [0.25, 0.3) is 0 Å². The Bertz CT molecular complexity index is 588. The van der Waals surface area contributed by atoms with Crippen LogP contribution in [0.4, 0.5) is 0 Å². The topological polar surface area (TPSA) is 46.9 Å². The Morgan fingerprint density at radius 3 is 2.83 bits per heavy atom. The van der Waals surface area contributed by atoms with E-state index < -0.39 is 0 Å². The largest absolute Gasteiger partial charge is 0.303 e. The Morgan fingerprint density at radius 1 is 1.33 bits per heavy atom. The smallest absolute Gasteiger partial charge is 0.200 e. The number of carbonyl (C=O) groups excluding carboxylic acids is 1. The predicted octanol–water partition coefficient (Wildman–Crippen LogP) is 1.32. The molecule has 1 N–H and O–H groups in total. The summed E-state index contributed by atoms with van der Waals surface area (Å²) in [4.78, 5) is 12.3. The fourth-order valence-corrected chi connectivity index (χ4v) is 2.36. The van der Waals surface area contributed by atoms with E-state index in [1.54, 1.807) is 16.9 Å². The third-order valence-electron chi connectivity index (χ3n) is 3.36. The van der Waals surface area contributed by atoms with Crippen LogP contribution in [0.25, 0.3) is 0 Å². The summed E-state index contributed by atoms with van der Waals surface area (Å²) in [5.41, 5.74) is 3.07. The first-order valence-electron chi connectivity index (χ1n) is 6.08. The van der Waals surface area contributed by atoms with Gasteiger partial charge in [-0.15, -0.1) is 0 Å². The fraction of sp³-hybridized carbons (Fsp3) is 0.286. The molecule has 0 spiro atoms. The minimum atomic E-state index is -0.158. The molecule has 0 aliphatic carbocycles. The van der Waals surface area contributed by atoms with Crippen LogP contribution in [0.1, 0.15) is 21.6 Å². The molecule has 1 aromatic carbocycles. The molecule has 0 amide bonds. The number of hydrogen-bond acceptors (Lipinski definition) is 3. The highest BCUT2D eigenvalue weighted by Gasteiger charge is 2.25. The molecule has 1 atom stereocenters. The van der Waals surface area contributed by atoms with Gasteiger partial charge in [0.15, 0.2) is 5.78 Å². The van der Waals surface area contributed by atoms with Gasteiger partial charge in [-0.2, -0.15) is 5.10 Å². The van der Waals surface area contributed by atoms with Crippen molar-refractivity contribution in [3.05, 3.63) is 53.3 Å². The van der Waals surface area contributed by atoms with Crippen LogP contribution >= 0.6 is 0 Å². The standard InChI is InChI=1S/C14H15N3O/c1-17-7-6-12(16-17)14(18)13-8-10-4-2-3-5-11(10)9-15-13/h2-7,13,15H,8-9H2,1H3. The molecule has 18 heavy (non-hydrogen) atoms. The highest BCUT2D eigenvalue weighted by Crippen LogP contribution is 2.18. The van der Waals surface area contributed by atoms with Crippen LogP contribution in [0.5, 0.6) is 0 Å². The van der Waals surface area contributed by atoms with E-state index in [2.05, 4.69) is 22.5 Å². The van der Waals surface area contributed by atoms with Crippen molar-refractivity contribution < 1.29 is 4.79 Å². The summed E-state index contributed by atoms with van der Waals surface area (Å²) in [6.07, 6.45) is 2.54. The van der Waals surface area contributed by atoms with E-state index in [0.717, 1.165) is 13.0 Å². The van der Waals surface area contributed by atoms with Gasteiger partial charge >= 0.3 is 0 Å². The van der Waals surface area contributed by atoms with Crippen molar-refractivity contribution in [3.8, 4) is 0 Å². The molecule has 4 nitrogen and oxygen atoms in total. The number of ketones is 1. The minimum Gasteiger partial charge on any atom is -0.303 e.